The maximum atomic E-state index is 4.73. The molecule has 0 fully saturated rings. The molecule has 8 bridgehead atoms. The highest BCUT2D eigenvalue weighted by atomic mass is 14.9. The Balaban J connectivity index is 1.76. The minimum atomic E-state index is 0.964. The Labute approximate surface area is 151 Å². The molecule has 2 aromatic rings. The van der Waals surface area contributed by atoms with E-state index in [0.717, 1.165) is 44.8 Å². The molecular weight excluding hydrogens is 320 g/mol. The lowest BCUT2D eigenvalue weighted by atomic mass is 10.2. The first-order valence-corrected chi connectivity index (χ1v) is 8.63. The molecule has 0 N–H and O–H groups in total. The molecule has 26 heavy (non-hydrogen) atoms. The van der Waals surface area contributed by atoms with Gasteiger partial charge < -0.3 is 9.13 Å². The van der Waals surface area contributed by atoms with Crippen LogP contribution in [-0.4, -0.2) is 20.6 Å². The zero-order valence-electron chi connectivity index (χ0n) is 14.7. The zero-order valence-corrected chi connectivity index (χ0v) is 14.7. The molecule has 0 spiro atoms. The summed E-state index contributed by atoms with van der Waals surface area (Å²) in [6.07, 6.45) is 18.8. The molecule has 3 aliphatic heterocycles. The van der Waals surface area contributed by atoms with Crippen molar-refractivity contribution < 1.29 is 0 Å². The van der Waals surface area contributed by atoms with Gasteiger partial charge in [-0.25, -0.2) is 9.98 Å². The lowest BCUT2D eigenvalue weighted by Crippen LogP contribution is -2.24. The maximum Gasteiger partial charge on any atom is 0.0658 e. The van der Waals surface area contributed by atoms with Crippen molar-refractivity contribution in [3.63, 3.8) is 0 Å². The zero-order chi connectivity index (χ0) is 17.7. The summed E-state index contributed by atoms with van der Waals surface area (Å²) in [5, 5.41) is 2.24. The van der Waals surface area contributed by atoms with E-state index in [1.807, 2.05) is 0 Å². The SMILES string of the molecule is Cn1cc2cc1C=C1C=CC(=N1)C=c1ccc(n1C)=CC1=NC(=C2)C=C1. The van der Waals surface area contributed by atoms with Crippen molar-refractivity contribution in [3.8, 4) is 0 Å². The number of rotatable bonds is 0. The lowest BCUT2D eigenvalue weighted by molar-refractivity contribution is 0.861. The maximum absolute atomic E-state index is 4.73. The van der Waals surface area contributed by atoms with Crippen LogP contribution in [0.3, 0.4) is 0 Å². The van der Waals surface area contributed by atoms with Crippen LogP contribution in [0.4, 0.5) is 0 Å². The third kappa shape index (κ3) is 2.56. The average Bonchev–Trinajstić information content (AvgIpc) is 3.36. The van der Waals surface area contributed by atoms with E-state index < -0.39 is 0 Å². The summed E-state index contributed by atoms with van der Waals surface area (Å²) >= 11 is 0. The Kier molecular flexibility index (Phi) is 3.19. The highest BCUT2D eigenvalue weighted by Gasteiger charge is 2.08. The quantitative estimate of drug-likeness (QED) is 0.707. The van der Waals surface area contributed by atoms with Crippen LogP contribution < -0.4 is 10.7 Å². The molecule has 0 saturated heterocycles. The van der Waals surface area contributed by atoms with E-state index in [-0.39, 0.29) is 0 Å². The first-order valence-electron chi connectivity index (χ1n) is 8.63. The second-order valence-corrected chi connectivity index (χ2v) is 6.72. The Bertz CT molecular complexity index is 1230. The van der Waals surface area contributed by atoms with Gasteiger partial charge in [0, 0.05) is 36.7 Å². The molecule has 5 rings (SSSR count). The predicted molar refractivity (Wildman–Crippen MR) is 108 cm³/mol. The molecule has 0 aliphatic carbocycles. The van der Waals surface area contributed by atoms with Crippen LogP contribution in [0.25, 0.3) is 24.3 Å². The van der Waals surface area contributed by atoms with E-state index in [9.17, 15) is 0 Å². The molecule has 2 aromatic heterocycles. The molecule has 0 atom stereocenters. The Morgan fingerprint density at radius 3 is 2.00 bits per heavy atom. The van der Waals surface area contributed by atoms with E-state index in [1.165, 1.54) is 0 Å². The summed E-state index contributed by atoms with van der Waals surface area (Å²) in [7, 11) is 4.12. The standard InChI is InChI=1S/C22H18N4/c1-25-14-15-9-16-3-4-17(23-16)11-20-7-8-21(26(20)2)12-18-5-6-19(24-18)13-22(25)10-15/h3-14H,1-2H3. The molecule has 0 unspecified atom stereocenters. The van der Waals surface area contributed by atoms with Crippen LogP contribution in [0, 0.1) is 0 Å². The van der Waals surface area contributed by atoms with Crippen molar-refractivity contribution in [2.45, 2.75) is 0 Å². The van der Waals surface area contributed by atoms with E-state index >= 15 is 0 Å². The number of aromatic nitrogens is 2. The second-order valence-electron chi connectivity index (χ2n) is 6.72. The first-order chi connectivity index (χ1) is 12.6. The lowest BCUT2D eigenvalue weighted by Gasteiger charge is -1.96. The summed E-state index contributed by atoms with van der Waals surface area (Å²) in [4.78, 5) is 9.45. The van der Waals surface area contributed by atoms with Crippen LogP contribution in [0.2, 0.25) is 0 Å². The van der Waals surface area contributed by atoms with Crippen LogP contribution in [0.15, 0.2) is 70.1 Å². The van der Waals surface area contributed by atoms with Crippen molar-refractivity contribution in [3.05, 3.63) is 82.0 Å². The van der Waals surface area contributed by atoms with Gasteiger partial charge in [-0.15, -0.1) is 0 Å². The average molecular weight is 338 g/mol. The Morgan fingerprint density at radius 1 is 0.731 bits per heavy atom. The van der Waals surface area contributed by atoms with Crippen LogP contribution >= 0.6 is 0 Å². The van der Waals surface area contributed by atoms with Crippen molar-refractivity contribution in [1.82, 2.24) is 9.13 Å². The summed E-state index contributed by atoms with van der Waals surface area (Å²) < 4.78 is 4.27. The minimum Gasteiger partial charge on any atom is -0.350 e. The number of hydrogen-bond donors (Lipinski definition) is 0. The van der Waals surface area contributed by atoms with Crippen molar-refractivity contribution >= 4 is 35.7 Å². The number of aryl methyl sites for hydroxylation is 1. The fourth-order valence-electron chi connectivity index (χ4n) is 3.40. The summed E-state index contributed by atoms with van der Waals surface area (Å²) in [5.41, 5.74) is 6.11. The van der Waals surface area contributed by atoms with E-state index in [2.05, 4.69) is 96.2 Å². The van der Waals surface area contributed by atoms with E-state index in [1.54, 1.807) is 0 Å². The van der Waals surface area contributed by atoms with Gasteiger partial charge in [-0.1, -0.05) is 0 Å². The monoisotopic (exact) mass is 338 g/mol. The predicted octanol–water partition coefficient (Wildman–Crippen LogP) is 2.34. The summed E-state index contributed by atoms with van der Waals surface area (Å²) in [6, 6.07) is 6.38. The van der Waals surface area contributed by atoms with E-state index in [4.69, 9.17) is 9.98 Å². The molecule has 0 saturated carbocycles. The Hall–Kier alpha value is -3.40. The van der Waals surface area contributed by atoms with Gasteiger partial charge in [0.05, 0.1) is 22.8 Å². The van der Waals surface area contributed by atoms with Gasteiger partial charge in [0.2, 0.25) is 0 Å². The van der Waals surface area contributed by atoms with Gasteiger partial charge in [0.15, 0.2) is 0 Å². The van der Waals surface area contributed by atoms with Crippen molar-refractivity contribution in [2.24, 2.45) is 24.1 Å². The van der Waals surface area contributed by atoms with Crippen LogP contribution in [-0.2, 0) is 14.1 Å². The van der Waals surface area contributed by atoms with E-state index in [0.29, 0.717) is 0 Å². The highest BCUT2D eigenvalue weighted by Crippen LogP contribution is 2.20. The van der Waals surface area contributed by atoms with Crippen LogP contribution in [0.5, 0.6) is 0 Å². The smallest absolute Gasteiger partial charge is 0.0658 e. The number of fused-ring (bicyclic) bond motifs is 6. The molecule has 4 heteroatoms. The third-order valence-corrected chi connectivity index (χ3v) is 4.83. The Morgan fingerprint density at radius 2 is 1.35 bits per heavy atom. The fraction of sp³-hybridized carbons (Fsp3) is 0.0909. The largest absolute Gasteiger partial charge is 0.350 e. The normalized spacial score (nSPS) is 17.3. The van der Waals surface area contributed by atoms with Gasteiger partial charge >= 0.3 is 0 Å². The molecule has 0 aromatic carbocycles. The summed E-state index contributed by atoms with van der Waals surface area (Å²) in [6.45, 7) is 0. The molecule has 4 nitrogen and oxygen atoms in total. The number of hydrogen-bond acceptors (Lipinski definition) is 2. The van der Waals surface area contributed by atoms with Crippen LogP contribution in [0.1, 0.15) is 11.3 Å². The van der Waals surface area contributed by atoms with Gasteiger partial charge in [-0.3, -0.25) is 0 Å². The van der Waals surface area contributed by atoms with Crippen molar-refractivity contribution in [2.75, 3.05) is 0 Å². The first kappa shape index (κ1) is 14.9. The summed E-state index contributed by atoms with van der Waals surface area (Å²) in [5.74, 6) is 0. The molecule has 5 heterocycles. The highest BCUT2D eigenvalue weighted by molar-refractivity contribution is 6.20. The molecule has 0 amide bonds. The molecule has 126 valence electrons. The third-order valence-electron chi connectivity index (χ3n) is 4.83. The van der Waals surface area contributed by atoms with Gasteiger partial charge in [0.1, 0.15) is 0 Å². The molecular formula is C22H18N4. The topological polar surface area (TPSA) is 34.6 Å². The number of aliphatic imine (C=N–C) groups is 2. The number of nitrogens with zero attached hydrogens (tertiary/aromatic N) is 4. The second kappa shape index (κ2) is 5.56. The molecule has 0 radical (unpaired) electrons. The fourth-order valence-corrected chi connectivity index (χ4v) is 3.40. The van der Waals surface area contributed by atoms with Crippen molar-refractivity contribution in [1.29, 1.82) is 0 Å². The van der Waals surface area contributed by atoms with Gasteiger partial charge in [-0.05, 0) is 72.4 Å². The minimum absolute atomic E-state index is 0.964. The number of allylic oxidation sites excluding steroid dienone is 4. The van der Waals surface area contributed by atoms with Gasteiger partial charge in [0.25, 0.3) is 0 Å². The van der Waals surface area contributed by atoms with Gasteiger partial charge in [-0.2, -0.15) is 0 Å². The molecule has 3 aliphatic rings.